The molecule has 4 nitrogen and oxygen atoms in total. The van der Waals surface area contributed by atoms with Crippen LogP contribution in [0.5, 0.6) is 5.75 Å². The highest BCUT2D eigenvalue weighted by Gasteiger charge is 2.31. The summed E-state index contributed by atoms with van der Waals surface area (Å²) in [6.45, 7) is 0. The highest BCUT2D eigenvalue weighted by molar-refractivity contribution is 6.04. The number of fused-ring (bicyclic) bond motifs is 1. The monoisotopic (exact) mass is 359 g/mol. The largest absolute Gasteiger partial charge is 0.507 e. The van der Waals surface area contributed by atoms with Crippen LogP contribution in [0.4, 0.5) is 18.9 Å². The molecule has 0 saturated heterocycles. The van der Waals surface area contributed by atoms with Crippen LogP contribution in [0.25, 0.3) is 10.8 Å². The molecule has 26 heavy (non-hydrogen) atoms. The third-order valence-electron chi connectivity index (χ3n) is 3.84. The zero-order chi connectivity index (χ0) is 18.9. The standard InChI is InChI=1S/C19H12F3NO3/c20-19(21,22)12-6-7-14(18(25)26)16(9-12)23-10-15-13-4-2-1-3-11(13)5-8-17(15)24/h1-10,24H,(H,25,26). The van der Waals surface area contributed by atoms with Crippen molar-refractivity contribution in [3.8, 4) is 5.75 Å². The van der Waals surface area contributed by atoms with E-state index in [1.165, 1.54) is 12.3 Å². The van der Waals surface area contributed by atoms with Gasteiger partial charge in [0.25, 0.3) is 0 Å². The molecule has 0 atom stereocenters. The first-order valence-electron chi connectivity index (χ1n) is 7.46. The molecule has 0 amide bonds. The molecule has 7 heteroatoms. The van der Waals surface area contributed by atoms with Crippen molar-refractivity contribution in [2.45, 2.75) is 6.18 Å². The molecule has 0 spiro atoms. The smallest absolute Gasteiger partial charge is 0.416 e. The Kier molecular flexibility index (Phi) is 4.38. The number of hydrogen-bond donors (Lipinski definition) is 2. The molecule has 0 heterocycles. The van der Waals surface area contributed by atoms with E-state index in [1.54, 1.807) is 30.3 Å². The summed E-state index contributed by atoms with van der Waals surface area (Å²) in [5.74, 6) is -1.51. The van der Waals surface area contributed by atoms with Gasteiger partial charge < -0.3 is 10.2 Å². The lowest BCUT2D eigenvalue weighted by molar-refractivity contribution is -0.137. The van der Waals surface area contributed by atoms with Crippen LogP contribution in [-0.4, -0.2) is 22.4 Å². The summed E-state index contributed by atoms with van der Waals surface area (Å²) in [5.41, 5.74) is -1.43. The van der Waals surface area contributed by atoms with E-state index in [2.05, 4.69) is 4.99 Å². The summed E-state index contributed by atoms with van der Waals surface area (Å²) in [6.07, 6.45) is -3.46. The number of carbonyl (C=O) groups is 1. The lowest BCUT2D eigenvalue weighted by Crippen LogP contribution is -2.06. The van der Waals surface area contributed by atoms with Gasteiger partial charge in [0, 0.05) is 11.8 Å². The predicted molar refractivity (Wildman–Crippen MR) is 91.3 cm³/mol. The van der Waals surface area contributed by atoms with Gasteiger partial charge in [-0.15, -0.1) is 0 Å². The van der Waals surface area contributed by atoms with E-state index in [1.807, 2.05) is 0 Å². The van der Waals surface area contributed by atoms with Gasteiger partial charge in [0.2, 0.25) is 0 Å². The van der Waals surface area contributed by atoms with Gasteiger partial charge in [0.15, 0.2) is 0 Å². The number of phenolic OH excluding ortho intramolecular Hbond substituents is 1. The van der Waals surface area contributed by atoms with Crippen LogP contribution in [0, 0.1) is 0 Å². The molecular formula is C19H12F3NO3. The van der Waals surface area contributed by atoms with Crippen molar-refractivity contribution >= 4 is 28.6 Å². The molecule has 0 aliphatic carbocycles. The first kappa shape index (κ1) is 17.5. The van der Waals surface area contributed by atoms with Crippen LogP contribution >= 0.6 is 0 Å². The number of carboxylic acid groups (broad SMARTS) is 1. The first-order chi connectivity index (χ1) is 12.3. The first-order valence-corrected chi connectivity index (χ1v) is 7.46. The summed E-state index contributed by atoms with van der Waals surface area (Å²) in [7, 11) is 0. The number of carboxylic acids is 1. The number of halogens is 3. The fourth-order valence-electron chi connectivity index (χ4n) is 2.55. The maximum absolute atomic E-state index is 12.9. The van der Waals surface area contributed by atoms with Crippen LogP contribution in [0.2, 0.25) is 0 Å². The van der Waals surface area contributed by atoms with Crippen molar-refractivity contribution < 1.29 is 28.2 Å². The van der Waals surface area contributed by atoms with Gasteiger partial charge in [-0.25, -0.2) is 4.79 Å². The number of aliphatic imine (C=N–C) groups is 1. The Morgan fingerprint density at radius 3 is 2.46 bits per heavy atom. The number of nitrogens with zero attached hydrogens (tertiary/aromatic N) is 1. The van der Waals surface area contributed by atoms with Crippen molar-refractivity contribution in [2.75, 3.05) is 0 Å². The van der Waals surface area contributed by atoms with E-state index in [-0.39, 0.29) is 22.6 Å². The highest BCUT2D eigenvalue weighted by atomic mass is 19.4. The van der Waals surface area contributed by atoms with Crippen molar-refractivity contribution in [1.29, 1.82) is 0 Å². The summed E-state index contributed by atoms with van der Waals surface area (Å²) in [4.78, 5) is 15.2. The van der Waals surface area contributed by atoms with Gasteiger partial charge in [-0.1, -0.05) is 30.3 Å². The van der Waals surface area contributed by atoms with Gasteiger partial charge in [-0.2, -0.15) is 13.2 Å². The third-order valence-corrected chi connectivity index (χ3v) is 3.84. The van der Waals surface area contributed by atoms with Crippen molar-refractivity contribution in [1.82, 2.24) is 0 Å². The minimum absolute atomic E-state index is 0.115. The van der Waals surface area contributed by atoms with Crippen molar-refractivity contribution in [3.63, 3.8) is 0 Å². The van der Waals surface area contributed by atoms with Gasteiger partial charge in [0.05, 0.1) is 16.8 Å². The Labute approximate surface area is 145 Å². The normalized spacial score (nSPS) is 12.0. The minimum Gasteiger partial charge on any atom is -0.507 e. The molecule has 3 rings (SSSR count). The molecule has 0 fully saturated rings. The Bertz CT molecular complexity index is 1030. The number of rotatable bonds is 3. The van der Waals surface area contributed by atoms with Gasteiger partial charge in [-0.3, -0.25) is 4.99 Å². The second-order valence-electron chi connectivity index (χ2n) is 5.51. The molecule has 0 aromatic heterocycles. The second-order valence-corrected chi connectivity index (χ2v) is 5.51. The van der Waals surface area contributed by atoms with Crippen LogP contribution in [0.3, 0.4) is 0 Å². The van der Waals surface area contributed by atoms with Gasteiger partial charge >= 0.3 is 12.1 Å². The molecule has 0 saturated carbocycles. The fourth-order valence-corrected chi connectivity index (χ4v) is 2.55. The summed E-state index contributed by atoms with van der Waals surface area (Å²) in [6, 6.07) is 12.4. The summed E-state index contributed by atoms with van der Waals surface area (Å²) < 4.78 is 38.7. The van der Waals surface area contributed by atoms with E-state index in [4.69, 9.17) is 0 Å². The zero-order valence-electron chi connectivity index (χ0n) is 13.2. The molecule has 0 unspecified atom stereocenters. The van der Waals surface area contributed by atoms with E-state index >= 15 is 0 Å². The van der Waals surface area contributed by atoms with Crippen LogP contribution in [-0.2, 0) is 6.18 Å². The maximum Gasteiger partial charge on any atom is 0.416 e. The topological polar surface area (TPSA) is 69.9 Å². The number of aromatic carboxylic acids is 1. The molecule has 3 aromatic rings. The van der Waals surface area contributed by atoms with Crippen LogP contribution in [0.1, 0.15) is 21.5 Å². The fraction of sp³-hybridized carbons (Fsp3) is 0.0526. The molecule has 132 valence electrons. The molecule has 0 radical (unpaired) electrons. The van der Waals surface area contributed by atoms with Crippen LogP contribution < -0.4 is 0 Å². The van der Waals surface area contributed by atoms with Crippen LogP contribution in [0.15, 0.2) is 59.6 Å². The maximum atomic E-state index is 12.9. The average molecular weight is 359 g/mol. The summed E-state index contributed by atoms with van der Waals surface area (Å²) in [5, 5.41) is 20.7. The minimum atomic E-state index is -4.62. The van der Waals surface area contributed by atoms with Gasteiger partial charge in [0.1, 0.15) is 5.75 Å². The number of hydrogen-bond acceptors (Lipinski definition) is 3. The predicted octanol–water partition coefficient (Wildman–Crippen LogP) is 5.01. The van der Waals surface area contributed by atoms with E-state index < -0.39 is 17.7 Å². The lowest BCUT2D eigenvalue weighted by atomic mass is 10.0. The zero-order valence-corrected chi connectivity index (χ0v) is 13.2. The van der Waals surface area contributed by atoms with E-state index in [0.717, 1.165) is 11.5 Å². The Balaban J connectivity index is 2.14. The Morgan fingerprint density at radius 2 is 1.77 bits per heavy atom. The molecular weight excluding hydrogens is 347 g/mol. The lowest BCUT2D eigenvalue weighted by Gasteiger charge is -2.09. The highest BCUT2D eigenvalue weighted by Crippen LogP contribution is 2.34. The molecule has 0 aliphatic heterocycles. The quantitative estimate of drug-likeness (QED) is 0.646. The molecule has 0 aliphatic rings. The third kappa shape index (κ3) is 3.37. The van der Waals surface area contributed by atoms with E-state index in [0.29, 0.717) is 17.5 Å². The Morgan fingerprint density at radius 1 is 1.04 bits per heavy atom. The number of aromatic hydroxyl groups is 1. The second kappa shape index (κ2) is 6.51. The Hall–Kier alpha value is -3.35. The molecule has 0 bridgehead atoms. The number of phenols is 1. The summed E-state index contributed by atoms with van der Waals surface area (Å²) >= 11 is 0. The molecule has 3 aromatic carbocycles. The molecule has 2 N–H and O–H groups in total. The van der Waals surface area contributed by atoms with Crippen molar-refractivity contribution in [3.05, 3.63) is 71.3 Å². The number of benzene rings is 3. The van der Waals surface area contributed by atoms with E-state index in [9.17, 15) is 28.2 Å². The number of alkyl halides is 3. The van der Waals surface area contributed by atoms with Crippen molar-refractivity contribution in [2.24, 2.45) is 4.99 Å². The SMILES string of the molecule is O=C(O)c1ccc(C(F)(F)F)cc1N=Cc1c(O)ccc2ccccc12. The van der Waals surface area contributed by atoms with Gasteiger partial charge in [-0.05, 0) is 35.0 Å². The average Bonchev–Trinajstić information content (AvgIpc) is 2.59.